The van der Waals surface area contributed by atoms with E-state index >= 15 is 0 Å². The first-order valence-corrected chi connectivity index (χ1v) is 12.5. The van der Waals surface area contributed by atoms with E-state index in [1.54, 1.807) is 28.8 Å². The Morgan fingerprint density at radius 1 is 1.18 bits per heavy atom. The zero-order chi connectivity index (χ0) is 22.8. The van der Waals surface area contributed by atoms with Crippen molar-refractivity contribution in [3.63, 3.8) is 0 Å². The van der Waals surface area contributed by atoms with E-state index in [9.17, 15) is 9.59 Å². The van der Waals surface area contributed by atoms with Gasteiger partial charge in [0.25, 0.3) is 11.8 Å². The second kappa shape index (κ2) is 9.40. The number of amides is 2. The number of fused-ring (bicyclic) bond motifs is 1. The van der Waals surface area contributed by atoms with Gasteiger partial charge in [-0.1, -0.05) is 41.3 Å². The van der Waals surface area contributed by atoms with Crippen LogP contribution in [0.4, 0.5) is 0 Å². The second-order valence-corrected chi connectivity index (χ2v) is 10.2. The fourth-order valence-corrected chi connectivity index (χ4v) is 5.77. The van der Waals surface area contributed by atoms with Crippen molar-refractivity contribution in [1.82, 2.24) is 20.4 Å². The molecule has 170 valence electrons. The summed E-state index contributed by atoms with van der Waals surface area (Å²) in [5.41, 5.74) is 1.54. The summed E-state index contributed by atoms with van der Waals surface area (Å²) >= 11 is 3.08. The van der Waals surface area contributed by atoms with Crippen LogP contribution in [0.3, 0.4) is 0 Å². The average molecular weight is 483 g/mol. The van der Waals surface area contributed by atoms with Crippen molar-refractivity contribution in [3.05, 3.63) is 64.8 Å². The van der Waals surface area contributed by atoms with Crippen molar-refractivity contribution >= 4 is 45.9 Å². The lowest BCUT2D eigenvalue weighted by Crippen LogP contribution is -2.46. The number of carbonyl (C=O) groups is 2. The highest BCUT2D eigenvalue weighted by atomic mass is 32.2. The van der Waals surface area contributed by atoms with Gasteiger partial charge in [-0.3, -0.25) is 9.59 Å². The van der Waals surface area contributed by atoms with E-state index in [1.165, 1.54) is 17.6 Å². The third-order valence-corrected chi connectivity index (χ3v) is 7.60. The normalized spacial score (nSPS) is 14.6. The predicted molar refractivity (Wildman–Crippen MR) is 126 cm³/mol. The van der Waals surface area contributed by atoms with Gasteiger partial charge in [-0.25, -0.2) is 0 Å². The molecule has 0 atom stereocenters. The minimum absolute atomic E-state index is 0.0299. The Balaban J connectivity index is 1.27. The number of benzene rings is 1. The Labute approximate surface area is 198 Å². The Bertz CT molecular complexity index is 1270. The van der Waals surface area contributed by atoms with E-state index in [2.05, 4.69) is 15.5 Å². The number of hydrogen-bond acceptors (Lipinski definition) is 8. The first kappa shape index (κ1) is 21.7. The maximum absolute atomic E-state index is 13.2. The van der Waals surface area contributed by atoms with Gasteiger partial charge in [-0.15, -0.1) is 10.2 Å². The number of likely N-dealkylation sites (tertiary alicyclic amines) is 1. The minimum Gasteiger partial charge on any atom is -0.459 e. The molecule has 1 aliphatic rings. The maximum atomic E-state index is 13.2. The maximum Gasteiger partial charge on any atom is 0.289 e. The highest BCUT2D eigenvalue weighted by molar-refractivity contribution is 8.00. The number of rotatable bonds is 6. The molecule has 2 amide bonds. The molecule has 0 bridgehead atoms. The zero-order valence-corrected chi connectivity index (χ0v) is 19.6. The van der Waals surface area contributed by atoms with E-state index in [0.717, 1.165) is 20.3 Å². The number of thioether (sulfide) groups is 1. The van der Waals surface area contributed by atoms with Crippen LogP contribution in [0, 0.1) is 6.92 Å². The van der Waals surface area contributed by atoms with E-state index < -0.39 is 0 Å². The molecule has 1 aromatic carbocycles. The van der Waals surface area contributed by atoms with Crippen molar-refractivity contribution in [3.8, 4) is 0 Å². The van der Waals surface area contributed by atoms with Gasteiger partial charge in [-0.2, -0.15) is 0 Å². The topological polar surface area (TPSA) is 101 Å². The Morgan fingerprint density at radius 2 is 2.00 bits per heavy atom. The molecule has 8 nitrogen and oxygen atoms in total. The molecule has 4 aromatic rings. The summed E-state index contributed by atoms with van der Waals surface area (Å²) < 4.78 is 12.0. The van der Waals surface area contributed by atoms with E-state index in [4.69, 9.17) is 8.83 Å². The monoisotopic (exact) mass is 482 g/mol. The standard InChI is InChI=1S/C23H22N4O4S2/c1-14-25-26-23(33-14)32-13-17-16-5-2-3-6-18(16)31-20(17)21(28)24-15-8-10-27(11-9-15)22(29)19-7-4-12-30-19/h2-7,12,15H,8-11,13H2,1H3,(H,24,28). The summed E-state index contributed by atoms with van der Waals surface area (Å²) in [5, 5.41) is 13.2. The SMILES string of the molecule is Cc1nnc(SCc2c(C(=O)NC3CCN(C(=O)c4ccco4)CC3)oc3ccccc23)s1. The van der Waals surface area contributed by atoms with Crippen LogP contribution in [0.1, 0.15) is 44.5 Å². The van der Waals surface area contributed by atoms with Gasteiger partial charge in [0.1, 0.15) is 10.6 Å². The summed E-state index contributed by atoms with van der Waals surface area (Å²) in [6.45, 7) is 3.04. The van der Waals surface area contributed by atoms with Crippen molar-refractivity contribution in [2.24, 2.45) is 0 Å². The van der Waals surface area contributed by atoms with Crippen LogP contribution in [0.15, 0.2) is 55.8 Å². The van der Waals surface area contributed by atoms with Crippen molar-refractivity contribution < 1.29 is 18.4 Å². The number of piperidine rings is 1. The number of hydrogen-bond donors (Lipinski definition) is 1. The largest absolute Gasteiger partial charge is 0.459 e. The molecule has 0 unspecified atom stereocenters. The minimum atomic E-state index is -0.231. The van der Waals surface area contributed by atoms with Gasteiger partial charge >= 0.3 is 0 Å². The quantitative estimate of drug-likeness (QED) is 0.403. The molecule has 0 saturated carbocycles. The molecule has 33 heavy (non-hydrogen) atoms. The first-order valence-electron chi connectivity index (χ1n) is 10.7. The van der Waals surface area contributed by atoms with Crippen LogP contribution in [0.2, 0.25) is 0 Å². The zero-order valence-electron chi connectivity index (χ0n) is 17.9. The molecule has 0 radical (unpaired) electrons. The lowest BCUT2D eigenvalue weighted by atomic mass is 10.0. The number of aryl methyl sites for hydroxylation is 1. The Kier molecular flexibility index (Phi) is 6.19. The molecule has 1 N–H and O–H groups in total. The number of carbonyl (C=O) groups excluding carboxylic acids is 2. The molecule has 0 spiro atoms. The third-order valence-electron chi connectivity index (χ3n) is 5.60. The van der Waals surface area contributed by atoms with Gasteiger partial charge in [0, 0.05) is 35.8 Å². The number of aromatic nitrogens is 2. The molecule has 4 heterocycles. The van der Waals surface area contributed by atoms with Crippen LogP contribution in [-0.4, -0.2) is 46.0 Å². The van der Waals surface area contributed by atoms with Gasteiger partial charge in [0.15, 0.2) is 15.9 Å². The first-order chi connectivity index (χ1) is 16.1. The molecule has 0 aliphatic carbocycles. The fourth-order valence-electron chi connectivity index (χ4n) is 3.93. The van der Waals surface area contributed by atoms with Crippen molar-refractivity contribution in [2.45, 2.75) is 35.9 Å². The van der Waals surface area contributed by atoms with Crippen LogP contribution < -0.4 is 5.32 Å². The van der Waals surface area contributed by atoms with Gasteiger partial charge in [-0.05, 0) is 38.0 Å². The molecule has 1 aliphatic heterocycles. The van der Waals surface area contributed by atoms with Gasteiger partial charge < -0.3 is 19.1 Å². The lowest BCUT2D eigenvalue weighted by Gasteiger charge is -2.31. The van der Waals surface area contributed by atoms with Crippen LogP contribution in [0.25, 0.3) is 11.0 Å². The highest BCUT2D eigenvalue weighted by Crippen LogP contribution is 2.33. The van der Waals surface area contributed by atoms with Crippen LogP contribution in [-0.2, 0) is 5.75 Å². The molecule has 10 heteroatoms. The Hall–Kier alpha value is -3.11. The highest BCUT2D eigenvalue weighted by Gasteiger charge is 2.28. The molecular formula is C23H22N4O4S2. The van der Waals surface area contributed by atoms with Crippen LogP contribution in [0.5, 0.6) is 0 Å². The number of nitrogens with zero attached hydrogens (tertiary/aromatic N) is 3. The van der Waals surface area contributed by atoms with E-state index in [-0.39, 0.29) is 17.9 Å². The molecule has 1 saturated heterocycles. The predicted octanol–water partition coefficient (Wildman–Crippen LogP) is 4.51. The fraction of sp³-hybridized carbons (Fsp3) is 0.304. The lowest BCUT2D eigenvalue weighted by molar-refractivity contribution is 0.0665. The summed E-state index contributed by atoms with van der Waals surface area (Å²) in [7, 11) is 0. The number of para-hydroxylation sites is 1. The molecular weight excluding hydrogens is 460 g/mol. The summed E-state index contributed by atoms with van der Waals surface area (Å²) in [5.74, 6) is 0.885. The number of furan rings is 2. The van der Waals surface area contributed by atoms with Crippen molar-refractivity contribution in [1.29, 1.82) is 0 Å². The van der Waals surface area contributed by atoms with E-state index in [1.807, 2.05) is 31.2 Å². The summed E-state index contributed by atoms with van der Waals surface area (Å²) in [6, 6.07) is 11.0. The van der Waals surface area contributed by atoms with Gasteiger partial charge in [0.05, 0.1) is 6.26 Å². The second-order valence-electron chi connectivity index (χ2n) is 7.80. The molecule has 3 aromatic heterocycles. The van der Waals surface area contributed by atoms with Crippen molar-refractivity contribution in [2.75, 3.05) is 13.1 Å². The average Bonchev–Trinajstić information content (AvgIpc) is 3.58. The third kappa shape index (κ3) is 4.67. The molecule has 1 fully saturated rings. The smallest absolute Gasteiger partial charge is 0.289 e. The van der Waals surface area contributed by atoms with E-state index in [0.29, 0.717) is 48.8 Å². The van der Waals surface area contributed by atoms with Gasteiger partial charge in [0.2, 0.25) is 0 Å². The summed E-state index contributed by atoms with van der Waals surface area (Å²) in [6.07, 6.45) is 2.84. The molecule has 5 rings (SSSR count). The summed E-state index contributed by atoms with van der Waals surface area (Å²) in [4.78, 5) is 27.4. The Morgan fingerprint density at radius 3 is 2.73 bits per heavy atom. The number of nitrogens with one attached hydrogen (secondary N) is 1. The van der Waals surface area contributed by atoms with Crippen LogP contribution >= 0.6 is 23.1 Å².